The molecule has 3 aromatic rings. The summed E-state index contributed by atoms with van der Waals surface area (Å²) in [5.41, 5.74) is 1.74. The Labute approximate surface area is 139 Å². The standard InChI is InChI=1S/C17H18N6O/c1-11-10-24-8-7-23(11)15-9-14(18-2)21-17(22-15)13-4-6-20-16-12(13)3-5-19-16/h3-6,9,11H,2,7-8,10H2,1H3,(H,19,20)/t11-/m1/s1. The molecule has 0 bridgehead atoms. The maximum Gasteiger partial charge on any atom is 0.164 e. The van der Waals surface area contributed by atoms with E-state index in [9.17, 15) is 0 Å². The van der Waals surface area contributed by atoms with Crippen molar-refractivity contribution in [2.24, 2.45) is 4.99 Å². The van der Waals surface area contributed by atoms with Gasteiger partial charge in [0.2, 0.25) is 0 Å². The quantitative estimate of drug-likeness (QED) is 0.750. The molecule has 3 aromatic heterocycles. The highest BCUT2D eigenvalue weighted by Crippen LogP contribution is 2.29. The summed E-state index contributed by atoms with van der Waals surface area (Å²) in [5, 5.41) is 0.986. The summed E-state index contributed by atoms with van der Waals surface area (Å²) in [5.74, 6) is 2.04. The number of fused-ring (bicyclic) bond motifs is 1. The molecule has 0 aromatic carbocycles. The first kappa shape index (κ1) is 14.8. The molecule has 1 N–H and O–H groups in total. The van der Waals surface area contributed by atoms with Crippen molar-refractivity contribution in [3.63, 3.8) is 0 Å². The van der Waals surface area contributed by atoms with Gasteiger partial charge in [-0.3, -0.25) is 0 Å². The van der Waals surface area contributed by atoms with E-state index >= 15 is 0 Å². The molecule has 0 aliphatic carbocycles. The smallest absolute Gasteiger partial charge is 0.164 e. The van der Waals surface area contributed by atoms with Crippen LogP contribution in [0.1, 0.15) is 6.92 Å². The van der Waals surface area contributed by atoms with Crippen molar-refractivity contribution in [3.05, 3.63) is 30.6 Å². The molecule has 1 atom stereocenters. The molecular weight excluding hydrogens is 304 g/mol. The van der Waals surface area contributed by atoms with E-state index in [4.69, 9.17) is 9.72 Å². The van der Waals surface area contributed by atoms with Crippen molar-refractivity contribution < 1.29 is 4.74 Å². The van der Waals surface area contributed by atoms with Crippen LogP contribution in [0.25, 0.3) is 22.4 Å². The van der Waals surface area contributed by atoms with Crippen LogP contribution in [0.2, 0.25) is 0 Å². The number of rotatable bonds is 3. The summed E-state index contributed by atoms with van der Waals surface area (Å²) in [6.45, 7) is 7.92. The molecule has 4 heterocycles. The SMILES string of the molecule is C=Nc1cc(N2CCOC[C@H]2C)nc(-c2ccnc3[nH]ccc23)n1. The number of morpholine rings is 1. The summed E-state index contributed by atoms with van der Waals surface area (Å²) in [6.07, 6.45) is 3.62. The molecule has 1 saturated heterocycles. The van der Waals surface area contributed by atoms with Gasteiger partial charge in [0.25, 0.3) is 0 Å². The van der Waals surface area contributed by atoms with Gasteiger partial charge in [-0.15, -0.1) is 0 Å². The second-order valence-electron chi connectivity index (χ2n) is 5.78. The van der Waals surface area contributed by atoms with Gasteiger partial charge in [0.05, 0.1) is 19.3 Å². The van der Waals surface area contributed by atoms with Crippen LogP contribution in [0, 0.1) is 0 Å². The van der Waals surface area contributed by atoms with Crippen LogP contribution < -0.4 is 4.90 Å². The Morgan fingerprint density at radius 3 is 3.12 bits per heavy atom. The molecule has 0 spiro atoms. The number of nitrogens with one attached hydrogen (secondary N) is 1. The number of aromatic nitrogens is 4. The summed E-state index contributed by atoms with van der Waals surface area (Å²) in [6, 6.07) is 6.02. The fourth-order valence-electron chi connectivity index (χ4n) is 2.99. The molecule has 24 heavy (non-hydrogen) atoms. The monoisotopic (exact) mass is 322 g/mol. The van der Waals surface area contributed by atoms with E-state index in [1.165, 1.54) is 0 Å². The maximum atomic E-state index is 5.52. The number of hydrogen-bond donors (Lipinski definition) is 1. The first-order chi connectivity index (χ1) is 11.8. The van der Waals surface area contributed by atoms with Gasteiger partial charge in [0, 0.05) is 36.0 Å². The summed E-state index contributed by atoms with van der Waals surface area (Å²) < 4.78 is 5.52. The Balaban J connectivity index is 1.85. The third-order valence-corrected chi connectivity index (χ3v) is 4.22. The molecule has 1 aliphatic rings. The van der Waals surface area contributed by atoms with Crippen LogP contribution in [0.4, 0.5) is 11.6 Å². The Hall–Kier alpha value is -2.80. The summed E-state index contributed by atoms with van der Waals surface area (Å²) >= 11 is 0. The van der Waals surface area contributed by atoms with Crippen molar-refractivity contribution in [1.29, 1.82) is 0 Å². The minimum absolute atomic E-state index is 0.254. The fourth-order valence-corrected chi connectivity index (χ4v) is 2.99. The Morgan fingerprint density at radius 1 is 1.38 bits per heavy atom. The van der Waals surface area contributed by atoms with Gasteiger partial charge in [-0.1, -0.05) is 0 Å². The van der Waals surface area contributed by atoms with Gasteiger partial charge in [0.15, 0.2) is 11.6 Å². The summed E-state index contributed by atoms with van der Waals surface area (Å²) in [7, 11) is 0. The number of ether oxygens (including phenoxy) is 1. The molecule has 7 heteroatoms. The lowest BCUT2D eigenvalue weighted by molar-refractivity contribution is 0.0985. The molecule has 1 aliphatic heterocycles. The van der Waals surface area contributed by atoms with Gasteiger partial charge < -0.3 is 14.6 Å². The Morgan fingerprint density at radius 2 is 2.29 bits per heavy atom. The van der Waals surface area contributed by atoms with Gasteiger partial charge in [0.1, 0.15) is 11.5 Å². The Bertz CT molecular complexity index is 890. The molecular formula is C17H18N6O. The van der Waals surface area contributed by atoms with Crippen LogP contribution in [-0.4, -0.2) is 52.5 Å². The molecule has 7 nitrogen and oxygen atoms in total. The van der Waals surface area contributed by atoms with Crippen LogP contribution >= 0.6 is 0 Å². The van der Waals surface area contributed by atoms with Gasteiger partial charge >= 0.3 is 0 Å². The van der Waals surface area contributed by atoms with Crippen LogP contribution in [-0.2, 0) is 4.74 Å². The third-order valence-electron chi connectivity index (χ3n) is 4.22. The number of aliphatic imine (C=N–C) groups is 1. The average Bonchev–Trinajstić information content (AvgIpc) is 3.10. The van der Waals surface area contributed by atoms with E-state index < -0.39 is 0 Å². The van der Waals surface area contributed by atoms with Crippen molar-refractivity contribution in [2.75, 3.05) is 24.7 Å². The lowest BCUT2D eigenvalue weighted by Crippen LogP contribution is -2.44. The lowest BCUT2D eigenvalue weighted by Gasteiger charge is -2.34. The van der Waals surface area contributed by atoms with E-state index in [1.54, 1.807) is 6.20 Å². The largest absolute Gasteiger partial charge is 0.377 e. The fraction of sp³-hybridized carbons (Fsp3) is 0.294. The molecule has 0 unspecified atom stereocenters. The zero-order chi connectivity index (χ0) is 16.5. The molecule has 0 radical (unpaired) electrons. The molecule has 0 saturated carbocycles. The first-order valence-electron chi connectivity index (χ1n) is 7.89. The van der Waals surface area contributed by atoms with E-state index in [1.807, 2.05) is 24.4 Å². The van der Waals surface area contributed by atoms with E-state index in [2.05, 4.69) is 38.5 Å². The minimum Gasteiger partial charge on any atom is -0.377 e. The van der Waals surface area contributed by atoms with Crippen LogP contribution in [0.3, 0.4) is 0 Å². The second-order valence-corrected chi connectivity index (χ2v) is 5.78. The van der Waals surface area contributed by atoms with Gasteiger partial charge in [-0.25, -0.2) is 19.9 Å². The van der Waals surface area contributed by atoms with Crippen LogP contribution in [0.5, 0.6) is 0 Å². The number of pyridine rings is 1. The predicted octanol–water partition coefficient (Wildman–Crippen LogP) is 2.58. The number of aromatic amines is 1. The topological polar surface area (TPSA) is 79.3 Å². The lowest BCUT2D eigenvalue weighted by atomic mass is 10.1. The van der Waals surface area contributed by atoms with Crippen molar-refractivity contribution in [3.8, 4) is 11.4 Å². The van der Waals surface area contributed by atoms with Crippen LogP contribution in [0.15, 0.2) is 35.6 Å². The van der Waals surface area contributed by atoms with E-state index in [0.717, 1.165) is 29.0 Å². The van der Waals surface area contributed by atoms with E-state index in [-0.39, 0.29) is 6.04 Å². The minimum atomic E-state index is 0.254. The number of hydrogen-bond acceptors (Lipinski definition) is 6. The zero-order valence-corrected chi connectivity index (χ0v) is 13.4. The molecule has 0 amide bonds. The van der Waals surface area contributed by atoms with Crippen molar-refractivity contribution in [2.45, 2.75) is 13.0 Å². The highest BCUT2D eigenvalue weighted by molar-refractivity contribution is 5.91. The van der Waals surface area contributed by atoms with Gasteiger partial charge in [-0.05, 0) is 25.8 Å². The molecule has 1 fully saturated rings. The normalized spacial score (nSPS) is 18.0. The maximum absolute atomic E-state index is 5.52. The predicted molar refractivity (Wildman–Crippen MR) is 94.0 cm³/mol. The first-order valence-corrected chi connectivity index (χ1v) is 7.89. The van der Waals surface area contributed by atoms with Crippen molar-refractivity contribution >= 4 is 29.4 Å². The third kappa shape index (κ3) is 2.52. The number of H-pyrrole nitrogens is 1. The second kappa shape index (κ2) is 6.01. The van der Waals surface area contributed by atoms with Crippen molar-refractivity contribution in [1.82, 2.24) is 19.9 Å². The Kier molecular flexibility index (Phi) is 3.70. The molecule has 4 rings (SSSR count). The number of nitrogens with zero attached hydrogens (tertiary/aromatic N) is 5. The van der Waals surface area contributed by atoms with Gasteiger partial charge in [-0.2, -0.15) is 0 Å². The highest BCUT2D eigenvalue weighted by atomic mass is 16.5. The number of anilines is 1. The summed E-state index contributed by atoms with van der Waals surface area (Å²) in [4.78, 5) is 23.0. The zero-order valence-electron chi connectivity index (χ0n) is 13.4. The highest BCUT2D eigenvalue weighted by Gasteiger charge is 2.22. The molecule has 122 valence electrons. The average molecular weight is 322 g/mol. The van der Waals surface area contributed by atoms with E-state index in [0.29, 0.717) is 24.9 Å².